The van der Waals surface area contributed by atoms with E-state index in [1.165, 1.54) is 12.1 Å². The van der Waals surface area contributed by atoms with Gasteiger partial charge in [0.15, 0.2) is 0 Å². The van der Waals surface area contributed by atoms with E-state index in [0.717, 1.165) is 12.1 Å². The molecule has 0 unspecified atom stereocenters. The number of halogens is 3. The van der Waals surface area contributed by atoms with Gasteiger partial charge in [0.2, 0.25) is 11.8 Å². The maximum absolute atomic E-state index is 12.5. The second-order valence-electron chi connectivity index (χ2n) is 5.46. The molecule has 124 valence electrons. The third-order valence-corrected chi connectivity index (χ3v) is 3.80. The minimum Gasteiger partial charge on any atom is -0.326 e. The van der Waals surface area contributed by atoms with Crippen molar-refractivity contribution >= 4 is 23.2 Å². The number of anilines is 2. The zero-order valence-electron chi connectivity index (χ0n) is 12.4. The molecule has 2 aromatic rings. The van der Waals surface area contributed by atoms with Crippen LogP contribution in [0.4, 0.5) is 24.5 Å². The number of alkyl halides is 3. The van der Waals surface area contributed by atoms with Crippen molar-refractivity contribution in [3.63, 3.8) is 0 Å². The number of nitrogens with one attached hydrogen (secondary N) is 2. The van der Waals surface area contributed by atoms with Crippen molar-refractivity contribution in [2.45, 2.75) is 18.5 Å². The summed E-state index contributed by atoms with van der Waals surface area (Å²) in [4.78, 5) is 24.2. The van der Waals surface area contributed by atoms with Crippen LogP contribution in [-0.2, 0) is 15.8 Å². The third kappa shape index (κ3) is 3.24. The number of benzene rings is 2. The van der Waals surface area contributed by atoms with Crippen LogP contribution in [0.25, 0.3) is 0 Å². The van der Waals surface area contributed by atoms with Crippen LogP contribution in [0, 0.1) is 0 Å². The molecule has 2 N–H and O–H groups in total. The van der Waals surface area contributed by atoms with E-state index in [4.69, 9.17) is 0 Å². The van der Waals surface area contributed by atoms with Crippen molar-refractivity contribution in [1.82, 2.24) is 0 Å². The number of amides is 2. The molecule has 2 aromatic carbocycles. The molecule has 1 heterocycles. The van der Waals surface area contributed by atoms with Gasteiger partial charge in [-0.15, -0.1) is 0 Å². The Kier molecular flexibility index (Phi) is 4.01. The number of para-hydroxylation sites is 1. The average Bonchev–Trinajstić information content (AvgIpc) is 2.53. The van der Waals surface area contributed by atoms with Gasteiger partial charge < -0.3 is 10.6 Å². The smallest absolute Gasteiger partial charge is 0.326 e. The van der Waals surface area contributed by atoms with Crippen LogP contribution in [0.5, 0.6) is 0 Å². The second-order valence-corrected chi connectivity index (χ2v) is 5.46. The fourth-order valence-corrected chi connectivity index (χ4v) is 2.62. The number of hydrogen-bond acceptors (Lipinski definition) is 2. The van der Waals surface area contributed by atoms with E-state index >= 15 is 0 Å². The summed E-state index contributed by atoms with van der Waals surface area (Å²) in [6, 6.07) is 11.1. The molecule has 0 saturated heterocycles. The van der Waals surface area contributed by atoms with Gasteiger partial charge in [-0.2, -0.15) is 13.2 Å². The Balaban J connectivity index is 1.79. The van der Waals surface area contributed by atoms with Gasteiger partial charge in [0.05, 0.1) is 11.5 Å². The van der Waals surface area contributed by atoms with E-state index in [9.17, 15) is 22.8 Å². The van der Waals surface area contributed by atoms with E-state index in [2.05, 4.69) is 10.6 Å². The average molecular weight is 334 g/mol. The van der Waals surface area contributed by atoms with Gasteiger partial charge in [0.1, 0.15) is 0 Å². The molecule has 1 aliphatic heterocycles. The predicted molar refractivity (Wildman–Crippen MR) is 82.5 cm³/mol. The molecule has 3 rings (SSSR count). The maximum atomic E-state index is 12.5. The lowest BCUT2D eigenvalue weighted by molar-refractivity contribution is -0.137. The van der Waals surface area contributed by atoms with Gasteiger partial charge in [-0.05, 0) is 35.9 Å². The van der Waals surface area contributed by atoms with Gasteiger partial charge >= 0.3 is 6.18 Å². The molecule has 0 aliphatic carbocycles. The molecule has 2 amide bonds. The van der Waals surface area contributed by atoms with Crippen LogP contribution < -0.4 is 10.6 Å². The number of carbonyl (C=O) groups excluding carboxylic acids is 2. The highest BCUT2D eigenvalue weighted by atomic mass is 19.4. The zero-order chi connectivity index (χ0) is 17.3. The molecule has 0 saturated carbocycles. The lowest BCUT2D eigenvalue weighted by Gasteiger charge is -2.24. The maximum Gasteiger partial charge on any atom is 0.416 e. The van der Waals surface area contributed by atoms with Crippen molar-refractivity contribution in [2.24, 2.45) is 0 Å². The molecule has 0 aromatic heterocycles. The standard InChI is InChI=1S/C17H13F3N2O2/c18-17(19,20)10-5-7-11(8-6-10)21-16(24)13-9-15(23)22-14-4-2-1-3-12(13)14/h1-8,13H,9H2,(H,21,24)(H,22,23)/t13-/m1/s1. The Morgan fingerprint density at radius 2 is 1.75 bits per heavy atom. The lowest BCUT2D eigenvalue weighted by atomic mass is 9.90. The number of rotatable bonds is 2. The zero-order valence-corrected chi connectivity index (χ0v) is 12.4. The second kappa shape index (κ2) is 5.99. The largest absolute Gasteiger partial charge is 0.416 e. The van der Waals surface area contributed by atoms with E-state index in [-0.39, 0.29) is 18.0 Å². The fourth-order valence-electron chi connectivity index (χ4n) is 2.62. The van der Waals surface area contributed by atoms with Gasteiger partial charge in [-0.25, -0.2) is 0 Å². The van der Waals surface area contributed by atoms with Crippen molar-refractivity contribution in [1.29, 1.82) is 0 Å². The summed E-state index contributed by atoms with van der Waals surface area (Å²) in [6.45, 7) is 0. The summed E-state index contributed by atoms with van der Waals surface area (Å²) >= 11 is 0. The molecular formula is C17H13F3N2O2. The molecule has 0 spiro atoms. The summed E-state index contributed by atoms with van der Waals surface area (Å²) in [5, 5.41) is 5.25. The van der Waals surface area contributed by atoms with E-state index in [1.807, 2.05) is 0 Å². The number of hydrogen-bond donors (Lipinski definition) is 2. The predicted octanol–water partition coefficient (Wildman–Crippen LogP) is 3.77. The lowest BCUT2D eigenvalue weighted by Crippen LogP contribution is -2.30. The van der Waals surface area contributed by atoms with Gasteiger partial charge in [0, 0.05) is 17.8 Å². The van der Waals surface area contributed by atoms with Crippen LogP contribution in [0.15, 0.2) is 48.5 Å². The summed E-state index contributed by atoms with van der Waals surface area (Å²) in [7, 11) is 0. The summed E-state index contributed by atoms with van der Waals surface area (Å²) < 4.78 is 37.6. The monoisotopic (exact) mass is 334 g/mol. The molecule has 0 bridgehead atoms. The Morgan fingerprint density at radius 1 is 1.08 bits per heavy atom. The number of fused-ring (bicyclic) bond motifs is 1. The molecule has 7 heteroatoms. The quantitative estimate of drug-likeness (QED) is 0.878. The minimum atomic E-state index is -4.43. The Labute approximate surface area is 135 Å². The van der Waals surface area contributed by atoms with Crippen LogP contribution in [0.2, 0.25) is 0 Å². The minimum absolute atomic E-state index is 0.0104. The Hall–Kier alpha value is -2.83. The van der Waals surface area contributed by atoms with Crippen molar-refractivity contribution in [3.8, 4) is 0 Å². The van der Waals surface area contributed by atoms with Crippen molar-refractivity contribution in [2.75, 3.05) is 10.6 Å². The van der Waals surface area contributed by atoms with Gasteiger partial charge in [-0.3, -0.25) is 9.59 Å². The molecule has 1 aliphatic rings. The van der Waals surface area contributed by atoms with Gasteiger partial charge in [0.25, 0.3) is 0 Å². The number of carbonyl (C=O) groups is 2. The van der Waals surface area contributed by atoms with Crippen LogP contribution in [-0.4, -0.2) is 11.8 Å². The molecule has 0 radical (unpaired) electrons. The first-order valence-corrected chi connectivity index (χ1v) is 7.21. The van der Waals surface area contributed by atoms with Crippen molar-refractivity contribution < 1.29 is 22.8 Å². The summed E-state index contributed by atoms with van der Waals surface area (Å²) in [5.74, 6) is -1.39. The topological polar surface area (TPSA) is 58.2 Å². The highest BCUT2D eigenvalue weighted by Crippen LogP contribution is 2.33. The highest BCUT2D eigenvalue weighted by molar-refractivity contribution is 6.05. The van der Waals surface area contributed by atoms with Gasteiger partial charge in [-0.1, -0.05) is 18.2 Å². The molecule has 0 fully saturated rings. The molecule has 4 nitrogen and oxygen atoms in total. The molecule has 24 heavy (non-hydrogen) atoms. The first-order valence-electron chi connectivity index (χ1n) is 7.21. The first-order chi connectivity index (χ1) is 11.3. The van der Waals surface area contributed by atoms with E-state index in [1.54, 1.807) is 24.3 Å². The van der Waals surface area contributed by atoms with Crippen LogP contribution in [0.1, 0.15) is 23.5 Å². The fraction of sp³-hybridized carbons (Fsp3) is 0.176. The molecular weight excluding hydrogens is 321 g/mol. The highest BCUT2D eigenvalue weighted by Gasteiger charge is 2.32. The normalized spacial score (nSPS) is 17.0. The first kappa shape index (κ1) is 16.0. The van der Waals surface area contributed by atoms with E-state index in [0.29, 0.717) is 11.3 Å². The molecule has 1 atom stereocenters. The SMILES string of the molecule is O=C1C[C@@H](C(=O)Nc2ccc(C(F)(F)F)cc2)c2ccccc2N1. The van der Waals surface area contributed by atoms with Crippen LogP contribution in [0.3, 0.4) is 0 Å². The summed E-state index contributed by atoms with van der Waals surface area (Å²) in [5.41, 5.74) is 0.710. The third-order valence-electron chi connectivity index (χ3n) is 3.80. The van der Waals surface area contributed by atoms with E-state index < -0.39 is 23.6 Å². The Morgan fingerprint density at radius 3 is 2.42 bits per heavy atom. The Bertz CT molecular complexity index is 785. The summed E-state index contributed by atoms with van der Waals surface area (Å²) in [6.07, 6.45) is -4.44. The van der Waals surface area contributed by atoms with Crippen LogP contribution >= 0.6 is 0 Å². The van der Waals surface area contributed by atoms with Crippen molar-refractivity contribution in [3.05, 3.63) is 59.7 Å².